The van der Waals surface area contributed by atoms with Crippen molar-refractivity contribution in [3.63, 3.8) is 0 Å². The van der Waals surface area contributed by atoms with Crippen LogP contribution in [0, 0.1) is 0 Å². The Hall–Kier alpha value is -0.110. The normalized spacial score (nSPS) is 26.7. The van der Waals surface area contributed by atoms with Crippen molar-refractivity contribution >= 4 is 11.8 Å². The molecule has 1 atom stereocenters. The zero-order chi connectivity index (χ0) is 12.4. The van der Waals surface area contributed by atoms with Crippen molar-refractivity contribution in [2.45, 2.75) is 70.0 Å². The molecule has 0 spiro atoms. The van der Waals surface area contributed by atoms with Gasteiger partial charge >= 0.3 is 0 Å². The lowest BCUT2D eigenvalue weighted by atomic mass is 9.92. The molecule has 17 heavy (non-hydrogen) atoms. The first-order valence-electron chi connectivity index (χ1n) is 7.20. The summed E-state index contributed by atoms with van der Waals surface area (Å²) in [5.74, 6) is 1.36. The van der Waals surface area contributed by atoms with Gasteiger partial charge < -0.3 is 4.74 Å². The molecule has 0 aromatic heterocycles. The van der Waals surface area contributed by atoms with Crippen LogP contribution in [0.1, 0.15) is 65.2 Å². The van der Waals surface area contributed by atoms with E-state index in [0.717, 1.165) is 6.61 Å². The standard InChI is InChI=1S/C15H28OS/c1-3-12-16-13-9-11-15(4-2)10-7-5-6-8-14-17-15/h3,12H,4-11,13-14H2,1-2H3/b12-3+. The summed E-state index contributed by atoms with van der Waals surface area (Å²) >= 11 is 2.24. The molecule has 1 fully saturated rings. The van der Waals surface area contributed by atoms with Gasteiger partial charge in [-0.3, -0.25) is 0 Å². The average Bonchev–Trinajstić information content (AvgIpc) is 2.32. The molecule has 100 valence electrons. The Bertz CT molecular complexity index is 205. The first-order valence-corrected chi connectivity index (χ1v) is 8.18. The van der Waals surface area contributed by atoms with Gasteiger partial charge in [-0.05, 0) is 44.8 Å². The van der Waals surface area contributed by atoms with Crippen LogP contribution in [0.3, 0.4) is 0 Å². The Morgan fingerprint density at radius 1 is 1.24 bits per heavy atom. The van der Waals surface area contributed by atoms with E-state index >= 15 is 0 Å². The van der Waals surface area contributed by atoms with Gasteiger partial charge in [0.2, 0.25) is 0 Å². The van der Waals surface area contributed by atoms with Crippen LogP contribution in [0.2, 0.25) is 0 Å². The summed E-state index contributed by atoms with van der Waals surface area (Å²) in [5.41, 5.74) is 0. The summed E-state index contributed by atoms with van der Waals surface area (Å²) in [5, 5.41) is 0. The minimum atomic E-state index is 0.555. The minimum absolute atomic E-state index is 0.555. The number of rotatable bonds is 6. The van der Waals surface area contributed by atoms with Gasteiger partial charge in [0.25, 0.3) is 0 Å². The van der Waals surface area contributed by atoms with Crippen molar-refractivity contribution < 1.29 is 4.74 Å². The fraction of sp³-hybridized carbons (Fsp3) is 0.867. The Morgan fingerprint density at radius 2 is 2.06 bits per heavy atom. The maximum absolute atomic E-state index is 5.43. The van der Waals surface area contributed by atoms with E-state index in [2.05, 4.69) is 18.7 Å². The highest BCUT2D eigenvalue weighted by atomic mass is 32.2. The highest BCUT2D eigenvalue weighted by Crippen LogP contribution is 2.40. The summed E-state index contributed by atoms with van der Waals surface area (Å²) in [7, 11) is 0. The van der Waals surface area contributed by atoms with E-state index in [1.165, 1.54) is 57.1 Å². The molecule has 1 aliphatic rings. The zero-order valence-corrected chi connectivity index (χ0v) is 12.4. The fourth-order valence-electron chi connectivity index (χ4n) is 2.56. The quantitative estimate of drug-likeness (QED) is 0.479. The summed E-state index contributed by atoms with van der Waals surface area (Å²) in [6.45, 7) is 5.24. The molecule has 1 nitrogen and oxygen atoms in total. The van der Waals surface area contributed by atoms with Crippen molar-refractivity contribution in [2.24, 2.45) is 0 Å². The monoisotopic (exact) mass is 256 g/mol. The van der Waals surface area contributed by atoms with Crippen molar-refractivity contribution in [2.75, 3.05) is 12.4 Å². The Kier molecular flexibility index (Phi) is 7.83. The van der Waals surface area contributed by atoms with Crippen LogP contribution in [-0.4, -0.2) is 17.1 Å². The van der Waals surface area contributed by atoms with Gasteiger partial charge in [0.1, 0.15) is 0 Å². The topological polar surface area (TPSA) is 9.23 Å². The number of allylic oxidation sites excluding steroid dienone is 1. The molecule has 0 amide bonds. The van der Waals surface area contributed by atoms with Crippen LogP contribution >= 0.6 is 11.8 Å². The molecule has 0 aromatic carbocycles. The van der Waals surface area contributed by atoms with Gasteiger partial charge in [-0.15, -0.1) is 0 Å². The van der Waals surface area contributed by atoms with Crippen molar-refractivity contribution in [3.05, 3.63) is 12.3 Å². The Labute approximate surface area is 111 Å². The lowest BCUT2D eigenvalue weighted by Gasteiger charge is -2.34. The van der Waals surface area contributed by atoms with E-state index in [0.29, 0.717) is 4.75 Å². The molecule has 0 aliphatic carbocycles. The second-order valence-corrected chi connectivity index (χ2v) is 6.56. The van der Waals surface area contributed by atoms with Crippen LogP contribution in [0.15, 0.2) is 12.3 Å². The molecule has 0 saturated carbocycles. The largest absolute Gasteiger partial charge is 0.502 e. The Morgan fingerprint density at radius 3 is 2.82 bits per heavy atom. The van der Waals surface area contributed by atoms with Gasteiger partial charge in [0.05, 0.1) is 12.9 Å². The van der Waals surface area contributed by atoms with E-state index in [1.807, 2.05) is 19.3 Å². The smallest absolute Gasteiger partial charge is 0.0873 e. The van der Waals surface area contributed by atoms with Crippen LogP contribution < -0.4 is 0 Å². The predicted molar refractivity (Wildman–Crippen MR) is 78.6 cm³/mol. The van der Waals surface area contributed by atoms with Gasteiger partial charge in [-0.1, -0.05) is 32.3 Å². The second kappa shape index (κ2) is 8.91. The molecule has 0 bridgehead atoms. The summed E-state index contributed by atoms with van der Waals surface area (Å²) in [4.78, 5) is 0. The molecule has 1 saturated heterocycles. The molecular weight excluding hydrogens is 228 g/mol. The van der Waals surface area contributed by atoms with Crippen molar-refractivity contribution in [1.29, 1.82) is 0 Å². The van der Waals surface area contributed by atoms with Crippen LogP contribution in [0.4, 0.5) is 0 Å². The predicted octanol–water partition coefficient (Wildman–Crippen LogP) is 5.16. The fourth-order valence-corrected chi connectivity index (χ4v) is 4.12. The second-order valence-electron chi connectivity index (χ2n) is 4.99. The average molecular weight is 256 g/mol. The van der Waals surface area contributed by atoms with Crippen molar-refractivity contribution in [1.82, 2.24) is 0 Å². The highest BCUT2D eigenvalue weighted by molar-refractivity contribution is 8.00. The minimum Gasteiger partial charge on any atom is -0.502 e. The third-order valence-electron chi connectivity index (χ3n) is 3.71. The van der Waals surface area contributed by atoms with Gasteiger partial charge in [-0.25, -0.2) is 0 Å². The molecule has 1 heterocycles. The van der Waals surface area contributed by atoms with Gasteiger partial charge in [0.15, 0.2) is 0 Å². The van der Waals surface area contributed by atoms with Crippen LogP contribution in [-0.2, 0) is 4.74 Å². The van der Waals surface area contributed by atoms with Crippen LogP contribution in [0.25, 0.3) is 0 Å². The van der Waals surface area contributed by atoms with E-state index in [9.17, 15) is 0 Å². The van der Waals surface area contributed by atoms with Crippen LogP contribution in [0.5, 0.6) is 0 Å². The van der Waals surface area contributed by atoms with E-state index < -0.39 is 0 Å². The third-order valence-corrected chi connectivity index (χ3v) is 5.51. The molecule has 0 radical (unpaired) electrons. The molecule has 0 N–H and O–H groups in total. The molecule has 0 aromatic rings. The van der Waals surface area contributed by atoms with E-state index in [1.54, 1.807) is 0 Å². The summed E-state index contributed by atoms with van der Waals surface area (Å²) in [6, 6.07) is 0. The highest BCUT2D eigenvalue weighted by Gasteiger charge is 2.28. The van der Waals surface area contributed by atoms with Gasteiger partial charge in [-0.2, -0.15) is 11.8 Å². The van der Waals surface area contributed by atoms with E-state index in [-0.39, 0.29) is 0 Å². The lowest BCUT2D eigenvalue weighted by Crippen LogP contribution is -2.26. The molecule has 1 unspecified atom stereocenters. The molecule has 2 heteroatoms. The maximum Gasteiger partial charge on any atom is 0.0873 e. The number of hydrogen-bond acceptors (Lipinski definition) is 2. The SMILES string of the molecule is C/C=C/OCCCC1(CC)CCCCCCS1. The Balaban J connectivity index is 2.31. The number of ether oxygens (including phenoxy) is 1. The third kappa shape index (κ3) is 5.85. The summed E-state index contributed by atoms with van der Waals surface area (Å²) in [6.07, 6.45) is 14.8. The molecule has 1 rings (SSSR count). The zero-order valence-electron chi connectivity index (χ0n) is 11.5. The maximum atomic E-state index is 5.43. The number of thioether (sulfide) groups is 1. The molecule has 1 aliphatic heterocycles. The molecular formula is C15H28OS. The first-order chi connectivity index (χ1) is 8.33. The van der Waals surface area contributed by atoms with Crippen molar-refractivity contribution in [3.8, 4) is 0 Å². The van der Waals surface area contributed by atoms with E-state index in [4.69, 9.17) is 4.74 Å². The first kappa shape index (κ1) is 14.9. The lowest BCUT2D eigenvalue weighted by molar-refractivity contribution is 0.233. The number of hydrogen-bond donors (Lipinski definition) is 0. The summed E-state index contributed by atoms with van der Waals surface area (Å²) < 4.78 is 5.98. The van der Waals surface area contributed by atoms with Gasteiger partial charge in [0, 0.05) is 4.75 Å².